The van der Waals surface area contributed by atoms with Gasteiger partial charge in [0.15, 0.2) is 0 Å². The van der Waals surface area contributed by atoms with E-state index in [0.717, 1.165) is 37.4 Å². The van der Waals surface area contributed by atoms with Gasteiger partial charge in [-0.25, -0.2) is 4.79 Å². The Kier molecular flexibility index (Phi) is 5.76. The van der Waals surface area contributed by atoms with Crippen molar-refractivity contribution >= 4 is 23.3 Å². The van der Waals surface area contributed by atoms with Gasteiger partial charge in [0.1, 0.15) is 0 Å². The van der Waals surface area contributed by atoms with Crippen molar-refractivity contribution in [3.05, 3.63) is 59.2 Å². The third-order valence-electron chi connectivity index (χ3n) is 4.94. The predicted molar refractivity (Wildman–Crippen MR) is 106 cm³/mol. The lowest BCUT2D eigenvalue weighted by atomic mass is 10.1. The summed E-state index contributed by atoms with van der Waals surface area (Å²) in [6, 6.07) is 12.7. The van der Waals surface area contributed by atoms with Crippen molar-refractivity contribution in [1.29, 1.82) is 0 Å². The first kappa shape index (κ1) is 18.9. The molecule has 6 heteroatoms. The van der Waals surface area contributed by atoms with Crippen molar-refractivity contribution in [3.8, 4) is 0 Å². The minimum absolute atomic E-state index is 0.196. The first-order valence-electron chi connectivity index (χ1n) is 9.14. The highest BCUT2D eigenvalue weighted by molar-refractivity contribution is 6.06. The number of benzene rings is 2. The van der Waals surface area contributed by atoms with E-state index >= 15 is 0 Å². The Labute approximate surface area is 159 Å². The number of esters is 1. The maximum absolute atomic E-state index is 12.7. The van der Waals surface area contributed by atoms with Crippen molar-refractivity contribution in [2.24, 2.45) is 0 Å². The quantitative estimate of drug-likeness (QED) is 0.800. The van der Waals surface area contributed by atoms with Crippen LogP contribution in [0.25, 0.3) is 0 Å². The Bertz CT molecular complexity index is 825. The number of piperazine rings is 1. The summed E-state index contributed by atoms with van der Waals surface area (Å²) in [5, 5.41) is 2.98. The average Bonchev–Trinajstić information content (AvgIpc) is 2.68. The number of aryl methyl sites for hydroxylation is 1. The SMILES string of the molecule is COC(=O)c1ccc(N2CC[NH+](C)CC2)c(NC(=O)c2ccc(C)cc2)c1. The molecule has 0 aromatic heterocycles. The molecule has 0 aliphatic carbocycles. The average molecular weight is 368 g/mol. The molecule has 2 N–H and O–H groups in total. The van der Waals surface area contributed by atoms with E-state index < -0.39 is 5.97 Å². The highest BCUT2D eigenvalue weighted by Crippen LogP contribution is 2.28. The second-order valence-electron chi connectivity index (χ2n) is 6.99. The standard InChI is InChI=1S/C21H25N3O3/c1-15-4-6-16(7-5-15)20(25)22-18-14-17(21(26)27-3)8-9-19(18)24-12-10-23(2)11-13-24/h4-9,14H,10-13H2,1-3H3,(H,22,25)/p+1. The van der Waals surface area contributed by atoms with Crippen molar-refractivity contribution in [2.45, 2.75) is 6.92 Å². The number of likely N-dealkylation sites (N-methyl/N-ethyl adjacent to an activating group) is 1. The molecule has 142 valence electrons. The van der Waals surface area contributed by atoms with Gasteiger partial charge in [-0.05, 0) is 37.3 Å². The number of quaternary nitrogens is 1. The number of hydrogen-bond donors (Lipinski definition) is 2. The van der Waals surface area contributed by atoms with E-state index in [4.69, 9.17) is 4.74 Å². The van der Waals surface area contributed by atoms with Crippen LogP contribution in [-0.4, -0.2) is 52.2 Å². The number of anilines is 2. The van der Waals surface area contributed by atoms with Crippen LogP contribution in [0.4, 0.5) is 11.4 Å². The first-order valence-corrected chi connectivity index (χ1v) is 9.14. The molecule has 2 aromatic rings. The predicted octanol–water partition coefficient (Wildman–Crippen LogP) is 1.37. The highest BCUT2D eigenvalue weighted by atomic mass is 16.5. The third-order valence-corrected chi connectivity index (χ3v) is 4.94. The zero-order valence-electron chi connectivity index (χ0n) is 16.0. The van der Waals surface area contributed by atoms with Gasteiger partial charge in [-0.1, -0.05) is 17.7 Å². The fourth-order valence-electron chi connectivity index (χ4n) is 3.19. The van der Waals surface area contributed by atoms with Gasteiger partial charge in [0.05, 0.1) is 57.3 Å². The molecule has 2 aromatic carbocycles. The van der Waals surface area contributed by atoms with Crippen molar-refractivity contribution in [3.63, 3.8) is 0 Å². The normalized spacial score (nSPS) is 14.7. The number of nitrogens with one attached hydrogen (secondary N) is 2. The summed E-state index contributed by atoms with van der Waals surface area (Å²) in [6.07, 6.45) is 0. The van der Waals surface area contributed by atoms with Gasteiger partial charge >= 0.3 is 5.97 Å². The van der Waals surface area contributed by atoms with Crippen LogP contribution in [0.15, 0.2) is 42.5 Å². The molecule has 1 amide bonds. The number of carbonyl (C=O) groups is 2. The largest absolute Gasteiger partial charge is 0.465 e. The molecule has 1 aliphatic heterocycles. The molecule has 1 aliphatic rings. The summed E-state index contributed by atoms with van der Waals surface area (Å²) in [5.74, 6) is -0.617. The van der Waals surface area contributed by atoms with Gasteiger partial charge in [0.2, 0.25) is 0 Å². The van der Waals surface area contributed by atoms with Crippen LogP contribution in [0.3, 0.4) is 0 Å². The van der Waals surface area contributed by atoms with Crippen LogP contribution in [0.1, 0.15) is 26.3 Å². The molecule has 0 saturated carbocycles. The molecule has 0 unspecified atom stereocenters. The number of methoxy groups -OCH3 is 1. The van der Waals surface area contributed by atoms with Crippen LogP contribution < -0.4 is 15.1 Å². The Morgan fingerprint density at radius 3 is 2.30 bits per heavy atom. The van der Waals surface area contributed by atoms with Gasteiger partial charge in [0.25, 0.3) is 5.91 Å². The number of nitrogens with zero attached hydrogens (tertiary/aromatic N) is 1. The van der Waals surface area contributed by atoms with E-state index in [1.165, 1.54) is 12.0 Å². The van der Waals surface area contributed by atoms with E-state index in [1.54, 1.807) is 24.3 Å². The minimum Gasteiger partial charge on any atom is -0.465 e. The molecule has 1 heterocycles. The van der Waals surface area contributed by atoms with E-state index in [9.17, 15) is 9.59 Å². The number of hydrogen-bond acceptors (Lipinski definition) is 4. The smallest absolute Gasteiger partial charge is 0.337 e. The Hall–Kier alpha value is -2.86. The summed E-state index contributed by atoms with van der Waals surface area (Å²) < 4.78 is 4.82. The summed E-state index contributed by atoms with van der Waals surface area (Å²) in [4.78, 5) is 28.4. The van der Waals surface area contributed by atoms with E-state index in [1.807, 2.05) is 25.1 Å². The van der Waals surface area contributed by atoms with Gasteiger partial charge in [-0.2, -0.15) is 0 Å². The van der Waals surface area contributed by atoms with Crippen molar-refractivity contribution in [1.82, 2.24) is 0 Å². The van der Waals surface area contributed by atoms with Gasteiger partial charge in [-0.15, -0.1) is 0 Å². The number of rotatable bonds is 4. The molecular weight excluding hydrogens is 342 g/mol. The third kappa shape index (κ3) is 4.46. The zero-order valence-corrected chi connectivity index (χ0v) is 16.0. The van der Waals surface area contributed by atoms with Crippen LogP contribution >= 0.6 is 0 Å². The molecule has 0 bridgehead atoms. The summed E-state index contributed by atoms with van der Waals surface area (Å²) in [5.41, 5.74) is 3.65. The molecule has 0 radical (unpaired) electrons. The van der Waals surface area contributed by atoms with E-state index in [2.05, 4.69) is 17.3 Å². The minimum atomic E-state index is -0.421. The van der Waals surface area contributed by atoms with Crippen LogP contribution in [0.5, 0.6) is 0 Å². The maximum atomic E-state index is 12.7. The van der Waals surface area contributed by atoms with Crippen molar-refractivity contribution < 1.29 is 19.2 Å². The molecular formula is C21H26N3O3+. The van der Waals surface area contributed by atoms with Crippen LogP contribution in [-0.2, 0) is 4.74 Å². The second-order valence-corrected chi connectivity index (χ2v) is 6.99. The van der Waals surface area contributed by atoms with Gasteiger partial charge in [-0.3, -0.25) is 4.79 Å². The van der Waals surface area contributed by atoms with Crippen LogP contribution in [0, 0.1) is 6.92 Å². The van der Waals surface area contributed by atoms with Crippen molar-refractivity contribution in [2.75, 3.05) is 50.6 Å². The lowest BCUT2D eigenvalue weighted by Gasteiger charge is -2.33. The maximum Gasteiger partial charge on any atom is 0.337 e. The number of ether oxygens (including phenoxy) is 1. The summed E-state index contributed by atoms with van der Waals surface area (Å²) in [6.45, 7) is 5.84. The summed E-state index contributed by atoms with van der Waals surface area (Å²) >= 11 is 0. The number of carbonyl (C=O) groups excluding carboxylic acids is 2. The van der Waals surface area contributed by atoms with E-state index in [0.29, 0.717) is 16.8 Å². The monoisotopic (exact) mass is 368 g/mol. The fourth-order valence-corrected chi connectivity index (χ4v) is 3.19. The molecule has 1 fully saturated rings. The topological polar surface area (TPSA) is 63.1 Å². The fraction of sp³-hybridized carbons (Fsp3) is 0.333. The molecule has 1 saturated heterocycles. The van der Waals surface area contributed by atoms with Gasteiger partial charge in [0, 0.05) is 5.56 Å². The summed E-state index contributed by atoms with van der Waals surface area (Å²) in [7, 11) is 3.53. The lowest BCUT2D eigenvalue weighted by molar-refractivity contribution is -0.880. The molecule has 0 atom stereocenters. The van der Waals surface area contributed by atoms with Gasteiger partial charge < -0.3 is 19.9 Å². The molecule has 0 spiro atoms. The molecule has 6 nitrogen and oxygen atoms in total. The highest BCUT2D eigenvalue weighted by Gasteiger charge is 2.21. The Morgan fingerprint density at radius 1 is 1.04 bits per heavy atom. The number of amides is 1. The second kappa shape index (κ2) is 8.22. The van der Waals surface area contributed by atoms with E-state index in [-0.39, 0.29) is 5.91 Å². The first-order chi connectivity index (χ1) is 13.0. The Balaban J connectivity index is 1.90. The molecule has 3 rings (SSSR count). The lowest BCUT2D eigenvalue weighted by Crippen LogP contribution is -3.12. The molecule has 27 heavy (non-hydrogen) atoms. The van der Waals surface area contributed by atoms with Crippen LogP contribution in [0.2, 0.25) is 0 Å². The zero-order chi connectivity index (χ0) is 19.4. The Morgan fingerprint density at radius 2 is 1.67 bits per heavy atom.